The molecule has 150 valence electrons. The van der Waals surface area contributed by atoms with Crippen molar-refractivity contribution in [1.82, 2.24) is 9.97 Å². The summed E-state index contributed by atoms with van der Waals surface area (Å²) in [6.45, 7) is 10.4. The summed E-state index contributed by atoms with van der Waals surface area (Å²) in [7, 11) is 0. The molecular formula is C22H30N4O2. The Morgan fingerprint density at radius 3 is 2.39 bits per heavy atom. The van der Waals surface area contributed by atoms with E-state index in [4.69, 9.17) is 19.4 Å². The molecule has 0 saturated carbocycles. The molecule has 0 bridgehead atoms. The molecule has 0 unspecified atom stereocenters. The van der Waals surface area contributed by atoms with Crippen LogP contribution in [0.4, 0.5) is 11.8 Å². The summed E-state index contributed by atoms with van der Waals surface area (Å²) in [5.41, 5.74) is 2.26. The predicted molar refractivity (Wildman–Crippen MR) is 111 cm³/mol. The molecule has 2 saturated heterocycles. The van der Waals surface area contributed by atoms with E-state index in [0.717, 1.165) is 49.9 Å². The van der Waals surface area contributed by atoms with Gasteiger partial charge >= 0.3 is 0 Å². The largest absolute Gasteiger partial charge is 0.356 e. The van der Waals surface area contributed by atoms with Crippen molar-refractivity contribution in [3.63, 3.8) is 0 Å². The highest BCUT2D eigenvalue weighted by Gasteiger charge is 2.40. The Hall–Kier alpha value is -2.18. The van der Waals surface area contributed by atoms with Gasteiger partial charge in [-0.05, 0) is 26.3 Å². The van der Waals surface area contributed by atoms with E-state index in [2.05, 4.69) is 54.0 Å². The minimum absolute atomic E-state index is 0.305. The first-order valence-electron chi connectivity index (χ1n) is 10.2. The van der Waals surface area contributed by atoms with Gasteiger partial charge in [0.15, 0.2) is 5.79 Å². The minimum Gasteiger partial charge on any atom is -0.356 e. The Balaban J connectivity index is 1.54. The lowest BCUT2D eigenvalue weighted by Gasteiger charge is -2.38. The van der Waals surface area contributed by atoms with Gasteiger partial charge in [0.2, 0.25) is 5.95 Å². The number of benzene rings is 1. The van der Waals surface area contributed by atoms with E-state index < -0.39 is 0 Å². The van der Waals surface area contributed by atoms with Crippen LogP contribution in [0.25, 0.3) is 0 Å². The molecule has 6 heteroatoms. The monoisotopic (exact) mass is 382 g/mol. The maximum Gasteiger partial charge on any atom is 0.228 e. The number of nitrogens with zero attached hydrogens (tertiary/aromatic N) is 4. The summed E-state index contributed by atoms with van der Waals surface area (Å²) >= 11 is 0. The van der Waals surface area contributed by atoms with Gasteiger partial charge in [-0.25, -0.2) is 4.98 Å². The molecule has 0 atom stereocenters. The van der Waals surface area contributed by atoms with Crippen molar-refractivity contribution in [2.75, 3.05) is 36.1 Å². The van der Waals surface area contributed by atoms with Crippen molar-refractivity contribution < 1.29 is 9.47 Å². The quantitative estimate of drug-likeness (QED) is 0.788. The number of rotatable bonds is 5. The maximum atomic E-state index is 5.86. The van der Waals surface area contributed by atoms with Crippen molar-refractivity contribution in [3.05, 3.63) is 47.7 Å². The van der Waals surface area contributed by atoms with Crippen LogP contribution < -0.4 is 9.80 Å². The van der Waals surface area contributed by atoms with Crippen LogP contribution in [0.3, 0.4) is 0 Å². The van der Waals surface area contributed by atoms with E-state index in [9.17, 15) is 0 Å². The van der Waals surface area contributed by atoms with Crippen molar-refractivity contribution >= 4 is 11.8 Å². The zero-order valence-corrected chi connectivity index (χ0v) is 17.1. The SMILES string of the molecule is Cc1cc(N2CCC3(CC2)OCCO3)nc(N(Cc2ccccc2)C(C)C)n1. The highest BCUT2D eigenvalue weighted by molar-refractivity contribution is 5.47. The lowest BCUT2D eigenvalue weighted by atomic mass is 10.0. The third-order valence-corrected chi connectivity index (χ3v) is 5.57. The Morgan fingerprint density at radius 1 is 1.07 bits per heavy atom. The Morgan fingerprint density at radius 2 is 1.75 bits per heavy atom. The van der Waals surface area contributed by atoms with Gasteiger partial charge in [-0.3, -0.25) is 0 Å². The number of piperidine rings is 1. The standard InChI is InChI=1S/C22H30N4O2/c1-17(2)26(16-19-7-5-4-6-8-19)21-23-18(3)15-20(24-21)25-11-9-22(10-12-25)27-13-14-28-22/h4-8,15,17H,9-14,16H2,1-3H3. The second-order valence-electron chi connectivity index (χ2n) is 7.97. The van der Waals surface area contributed by atoms with Crippen LogP contribution in [0.5, 0.6) is 0 Å². The molecule has 2 aromatic rings. The van der Waals surface area contributed by atoms with Crippen LogP contribution >= 0.6 is 0 Å². The fraction of sp³-hybridized carbons (Fsp3) is 0.545. The number of aromatic nitrogens is 2. The van der Waals surface area contributed by atoms with Gasteiger partial charge in [0.25, 0.3) is 0 Å². The molecule has 0 radical (unpaired) electrons. The van der Waals surface area contributed by atoms with Gasteiger partial charge in [0.05, 0.1) is 13.2 Å². The van der Waals surface area contributed by atoms with Crippen molar-refractivity contribution in [2.24, 2.45) is 0 Å². The van der Waals surface area contributed by atoms with Gasteiger partial charge in [-0.15, -0.1) is 0 Å². The molecule has 0 aliphatic carbocycles. The van der Waals surface area contributed by atoms with E-state index in [0.29, 0.717) is 19.3 Å². The second-order valence-corrected chi connectivity index (χ2v) is 7.97. The van der Waals surface area contributed by atoms with Crippen molar-refractivity contribution in [3.8, 4) is 0 Å². The van der Waals surface area contributed by atoms with Crippen molar-refractivity contribution in [2.45, 2.75) is 52.0 Å². The van der Waals surface area contributed by atoms with Crippen LogP contribution in [0, 0.1) is 6.92 Å². The average molecular weight is 383 g/mol. The van der Waals surface area contributed by atoms with Gasteiger partial charge in [0.1, 0.15) is 5.82 Å². The third kappa shape index (κ3) is 4.13. The van der Waals surface area contributed by atoms with E-state index in [1.807, 2.05) is 13.0 Å². The molecule has 0 amide bonds. The molecule has 2 aliphatic heterocycles. The second kappa shape index (κ2) is 8.05. The fourth-order valence-electron chi connectivity index (χ4n) is 3.95. The van der Waals surface area contributed by atoms with E-state index in [-0.39, 0.29) is 5.79 Å². The van der Waals surface area contributed by atoms with Crippen LogP contribution in [0.1, 0.15) is 37.9 Å². The molecule has 1 aromatic carbocycles. The topological polar surface area (TPSA) is 50.7 Å². The summed E-state index contributed by atoms with van der Waals surface area (Å²) in [5, 5.41) is 0. The van der Waals surface area contributed by atoms with Crippen LogP contribution in [-0.4, -0.2) is 48.1 Å². The molecular weight excluding hydrogens is 352 g/mol. The van der Waals surface area contributed by atoms with Gasteiger partial charge in [-0.1, -0.05) is 30.3 Å². The highest BCUT2D eigenvalue weighted by Crippen LogP contribution is 2.33. The Kier molecular flexibility index (Phi) is 5.51. The molecule has 3 heterocycles. The highest BCUT2D eigenvalue weighted by atomic mass is 16.7. The molecule has 0 N–H and O–H groups in total. The fourth-order valence-corrected chi connectivity index (χ4v) is 3.95. The molecule has 4 rings (SSSR count). The van der Waals surface area contributed by atoms with Gasteiger partial charge in [0, 0.05) is 50.3 Å². The Labute approximate surface area is 167 Å². The number of hydrogen-bond donors (Lipinski definition) is 0. The van der Waals surface area contributed by atoms with Gasteiger partial charge in [-0.2, -0.15) is 4.98 Å². The summed E-state index contributed by atoms with van der Waals surface area (Å²) < 4.78 is 11.7. The van der Waals surface area contributed by atoms with Crippen LogP contribution in [-0.2, 0) is 16.0 Å². The summed E-state index contributed by atoms with van der Waals surface area (Å²) in [4.78, 5) is 14.3. The van der Waals surface area contributed by atoms with Gasteiger partial charge < -0.3 is 19.3 Å². The number of hydrogen-bond acceptors (Lipinski definition) is 6. The average Bonchev–Trinajstić information content (AvgIpc) is 3.14. The molecule has 2 aliphatic rings. The first-order valence-corrected chi connectivity index (χ1v) is 10.2. The normalized spacial score (nSPS) is 18.8. The van der Waals surface area contributed by atoms with Crippen LogP contribution in [0.15, 0.2) is 36.4 Å². The van der Waals surface area contributed by atoms with Crippen molar-refractivity contribution in [1.29, 1.82) is 0 Å². The smallest absolute Gasteiger partial charge is 0.228 e. The lowest BCUT2D eigenvalue weighted by Crippen LogP contribution is -2.45. The summed E-state index contributed by atoms with van der Waals surface area (Å²) in [6.07, 6.45) is 1.76. The molecule has 2 fully saturated rings. The first-order chi connectivity index (χ1) is 13.5. The number of aryl methyl sites for hydroxylation is 1. The summed E-state index contributed by atoms with van der Waals surface area (Å²) in [5.74, 6) is 1.43. The lowest BCUT2D eigenvalue weighted by molar-refractivity contribution is -0.169. The minimum atomic E-state index is -0.362. The maximum absolute atomic E-state index is 5.86. The molecule has 6 nitrogen and oxygen atoms in total. The zero-order valence-electron chi connectivity index (χ0n) is 17.1. The van der Waals surface area contributed by atoms with E-state index in [1.54, 1.807) is 0 Å². The Bertz CT molecular complexity index is 780. The summed E-state index contributed by atoms with van der Waals surface area (Å²) in [6, 6.07) is 12.9. The van der Waals surface area contributed by atoms with Crippen LogP contribution in [0.2, 0.25) is 0 Å². The molecule has 28 heavy (non-hydrogen) atoms. The predicted octanol–water partition coefficient (Wildman–Crippen LogP) is 3.54. The third-order valence-electron chi connectivity index (χ3n) is 5.57. The molecule has 1 aromatic heterocycles. The number of anilines is 2. The van der Waals surface area contributed by atoms with E-state index in [1.165, 1.54) is 5.56 Å². The zero-order chi connectivity index (χ0) is 19.6. The molecule has 1 spiro atoms. The number of ether oxygens (including phenoxy) is 2. The van der Waals surface area contributed by atoms with E-state index >= 15 is 0 Å². The first kappa shape index (κ1) is 19.2.